The number of nitrogens with zero attached hydrogens (tertiary/aromatic N) is 1. The SMILES string of the molecule is CC.O=C(O)Cc1nc(C23CC2c2ccccc2S3)oc1C1=CSCC=C1. The summed E-state index contributed by atoms with van der Waals surface area (Å²) in [7, 11) is 0. The third-order valence-electron chi connectivity index (χ3n) is 4.84. The van der Waals surface area contributed by atoms with Crippen molar-refractivity contribution in [1.82, 2.24) is 4.98 Å². The van der Waals surface area contributed by atoms with Crippen LogP contribution in [-0.4, -0.2) is 21.8 Å². The van der Waals surface area contributed by atoms with Gasteiger partial charge in [-0.15, -0.1) is 23.5 Å². The summed E-state index contributed by atoms with van der Waals surface area (Å²) in [4.78, 5) is 17.2. The quantitative estimate of drug-likeness (QED) is 0.736. The van der Waals surface area contributed by atoms with Crippen molar-refractivity contribution in [2.24, 2.45) is 0 Å². The van der Waals surface area contributed by atoms with Gasteiger partial charge in [-0.05, 0) is 23.5 Å². The fourth-order valence-electron chi connectivity index (χ4n) is 3.61. The largest absolute Gasteiger partial charge is 0.481 e. The van der Waals surface area contributed by atoms with Crippen LogP contribution in [0.4, 0.5) is 0 Å². The molecule has 2 aromatic rings. The molecule has 1 aromatic carbocycles. The summed E-state index contributed by atoms with van der Waals surface area (Å²) in [5, 5.41) is 11.3. The van der Waals surface area contributed by atoms with Gasteiger partial charge in [-0.1, -0.05) is 44.2 Å². The molecule has 1 aromatic heterocycles. The van der Waals surface area contributed by atoms with E-state index in [1.165, 1.54) is 10.5 Å². The van der Waals surface area contributed by atoms with Gasteiger partial charge >= 0.3 is 5.97 Å². The van der Waals surface area contributed by atoms with Gasteiger partial charge in [-0.2, -0.15) is 0 Å². The number of aromatic nitrogens is 1. The molecule has 1 fully saturated rings. The van der Waals surface area contributed by atoms with Crippen molar-refractivity contribution in [2.75, 3.05) is 5.75 Å². The van der Waals surface area contributed by atoms with Crippen molar-refractivity contribution in [3.05, 3.63) is 64.7 Å². The molecule has 1 aliphatic carbocycles. The van der Waals surface area contributed by atoms with Crippen molar-refractivity contribution in [1.29, 1.82) is 0 Å². The number of carbonyl (C=O) groups is 1. The number of rotatable bonds is 4. The van der Waals surface area contributed by atoms with Crippen molar-refractivity contribution < 1.29 is 14.3 Å². The van der Waals surface area contributed by atoms with Gasteiger partial charge in [0.1, 0.15) is 4.75 Å². The Morgan fingerprint density at radius 1 is 1.37 bits per heavy atom. The van der Waals surface area contributed by atoms with Crippen LogP contribution in [0.2, 0.25) is 0 Å². The number of carboxylic acids is 1. The second-order valence-corrected chi connectivity index (χ2v) is 8.74. The highest BCUT2D eigenvalue weighted by Gasteiger charge is 2.65. The smallest absolute Gasteiger partial charge is 0.309 e. The van der Waals surface area contributed by atoms with Crippen LogP contribution in [0.5, 0.6) is 0 Å². The zero-order chi connectivity index (χ0) is 19.0. The van der Waals surface area contributed by atoms with E-state index in [2.05, 4.69) is 35.3 Å². The molecule has 0 saturated heterocycles. The van der Waals surface area contributed by atoms with E-state index < -0.39 is 5.97 Å². The summed E-state index contributed by atoms with van der Waals surface area (Å²) < 4.78 is 6.04. The van der Waals surface area contributed by atoms with Crippen LogP contribution >= 0.6 is 23.5 Å². The van der Waals surface area contributed by atoms with Gasteiger partial charge in [0.05, 0.1) is 12.1 Å². The first-order valence-electron chi connectivity index (χ1n) is 9.16. The predicted octanol–water partition coefficient (Wildman–Crippen LogP) is 5.46. The van der Waals surface area contributed by atoms with Crippen LogP contribution in [-0.2, 0) is 16.0 Å². The average Bonchev–Trinajstić information content (AvgIpc) is 3.11. The van der Waals surface area contributed by atoms with Gasteiger partial charge in [-0.25, -0.2) is 4.98 Å². The fraction of sp³-hybridized carbons (Fsp3) is 0.333. The number of hydrogen-bond donors (Lipinski definition) is 1. The number of aliphatic carboxylic acids is 1. The number of fused-ring (bicyclic) bond motifs is 3. The second-order valence-electron chi connectivity index (χ2n) is 6.46. The van der Waals surface area contributed by atoms with Crippen molar-refractivity contribution >= 4 is 35.1 Å². The number of oxazole rings is 1. The molecular weight excluding hydrogens is 378 g/mol. The molecule has 2 unspecified atom stereocenters. The van der Waals surface area contributed by atoms with E-state index in [0.717, 1.165) is 17.7 Å². The highest BCUT2D eigenvalue weighted by molar-refractivity contribution is 8.02. The third kappa shape index (κ3) is 3.15. The first kappa shape index (κ1) is 18.4. The molecule has 0 spiro atoms. The van der Waals surface area contributed by atoms with Gasteiger partial charge in [0.2, 0.25) is 5.89 Å². The van der Waals surface area contributed by atoms with Gasteiger partial charge in [-0.3, -0.25) is 4.79 Å². The summed E-state index contributed by atoms with van der Waals surface area (Å²) in [6, 6.07) is 8.43. The first-order chi connectivity index (χ1) is 13.2. The van der Waals surface area contributed by atoms with E-state index in [4.69, 9.17) is 4.42 Å². The van der Waals surface area contributed by atoms with E-state index >= 15 is 0 Å². The van der Waals surface area contributed by atoms with Crippen molar-refractivity contribution in [3.8, 4) is 0 Å². The van der Waals surface area contributed by atoms with Gasteiger partial charge in [0.15, 0.2) is 5.76 Å². The summed E-state index contributed by atoms with van der Waals surface area (Å²) in [5.41, 5.74) is 2.80. The molecule has 27 heavy (non-hydrogen) atoms. The maximum Gasteiger partial charge on any atom is 0.309 e. The van der Waals surface area contributed by atoms with Crippen LogP contribution in [0.25, 0.3) is 5.57 Å². The first-order valence-corrected chi connectivity index (χ1v) is 11.0. The van der Waals surface area contributed by atoms with Gasteiger partial charge < -0.3 is 9.52 Å². The van der Waals surface area contributed by atoms with Crippen LogP contribution in [0.15, 0.2) is 51.1 Å². The minimum atomic E-state index is -0.888. The van der Waals surface area contributed by atoms with E-state index in [-0.39, 0.29) is 11.2 Å². The molecule has 3 aliphatic rings. The summed E-state index contributed by atoms with van der Waals surface area (Å²) >= 11 is 3.48. The monoisotopic (exact) mass is 399 g/mol. The number of hydrogen-bond acceptors (Lipinski definition) is 5. The van der Waals surface area contributed by atoms with E-state index in [1.807, 2.05) is 25.3 Å². The van der Waals surface area contributed by atoms with Crippen LogP contribution in [0.3, 0.4) is 0 Å². The molecule has 3 heterocycles. The Morgan fingerprint density at radius 2 is 2.19 bits per heavy atom. The fourth-order valence-corrected chi connectivity index (χ4v) is 5.84. The lowest BCUT2D eigenvalue weighted by Crippen LogP contribution is -2.04. The number of thioether (sulfide) groups is 2. The molecule has 2 aliphatic heterocycles. The number of benzene rings is 1. The zero-order valence-corrected chi connectivity index (χ0v) is 16.9. The van der Waals surface area contributed by atoms with Gasteiger partial charge in [0, 0.05) is 22.1 Å². The van der Waals surface area contributed by atoms with Crippen LogP contribution in [0.1, 0.15) is 49.1 Å². The van der Waals surface area contributed by atoms with Gasteiger partial charge in [0.25, 0.3) is 0 Å². The molecule has 0 amide bonds. The summed E-state index contributed by atoms with van der Waals surface area (Å²) in [6.07, 6.45) is 4.94. The van der Waals surface area contributed by atoms with Crippen molar-refractivity contribution in [2.45, 2.75) is 42.2 Å². The average molecular weight is 400 g/mol. The minimum absolute atomic E-state index is 0.118. The highest BCUT2D eigenvalue weighted by Crippen LogP contribution is 2.74. The Labute approximate surface area is 167 Å². The van der Waals surface area contributed by atoms with Crippen LogP contribution < -0.4 is 0 Å². The molecule has 140 valence electrons. The molecule has 1 saturated carbocycles. The maximum atomic E-state index is 11.3. The Balaban J connectivity index is 0.000000872. The van der Waals surface area contributed by atoms with E-state index in [1.54, 1.807) is 23.5 Å². The van der Waals surface area contributed by atoms with E-state index in [9.17, 15) is 9.90 Å². The lowest BCUT2D eigenvalue weighted by molar-refractivity contribution is -0.136. The number of allylic oxidation sites excluding steroid dienone is 2. The molecule has 4 nitrogen and oxygen atoms in total. The van der Waals surface area contributed by atoms with E-state index in [0.29, 0.717) is 23.3 Å². The molecule has 5 rings (SSSR count). The third-order valence-corrected chi connectivity index (χ3v) is 7.22. The maximum absolute atomic E-state index is 11.3. The van der Waals surface area contributed by atoms with Crippen molar-refractivity contribution in [3.63, 3.8) is 0 Å². The molecule has 1 N–H and O–H groups in total. The second kappa shape index (κ2) is 7.24. The Morgan fingerprint density at radius 3 is 2.89 bits per heavy atom. The highest BCUT2D eigenvalue weighted by atomic mass is 32.2. The molecular formula is C21H21NO3S2. The minimum Gasteiger partial charge on any atom is -0.481 e. The lowest BCUT2D eigenvalue weighted by atomic mass is 10.1. The normalized spacial score (nSPS) is 24.4. The summed E-state index contributed by atoms with van der Waals surface area (Å²) in [6.45, 7) is 4.00. The molecule has 2 atom stereocenters. The zero-order valence-electron chi connectivity index (χ0n) is 15.3. The predicted molar refractivity (Wildman–Crippen MR) is 110 cm³/mol. The number of carboxylic acid groups (broad SMARTS) is 1. The Bertz CT molecular complexity index is 947. The summed E-state index contributed by atoms with van der Waals surface area (Å²) in [5.74, 6) is 1.74. The molecule has 6 heteroatoms. The lowest BCUT2D eigenvalue weighted by Gasteiger charge is -2.07. The Hall–Kier alpha value is -1.92. The van der Waals surface area contributed by atoms with Crippen LogP contribution in [0, 0.1) is 0 Å². The Kier molecular flexibility index (Phi) is 4.95. The molecule has 0 bridgehead atoms. The topological polar surface area (TPSA) is 63.3 Å². The standard InChI is InChI=1S/C19H15NO3S2.C2H6/c21-16(22)8-14-17(11-4-3-7-24-10-11)23-18(20-14)19-9-13(19)12-5-1-2-6-15(12)25-19;1-2/h1-6,10,13H,7-9H2,(H,21,22);1-2H3. The molecule has 0 radical (unpaired) electrons.